The van der Waals surface area contributed by atoms with E-state index in [2.05, 4.69) is 5.32 Å². The first-order chi connectivity index (χ1) is 20.0. The van der Waals surface area contributed by atoms with E-state index in [1.54, 1.807) is 56.5 Å². The summed E-state index contributed by atoms with van der Waals surface area (Å²) in [6.07, 6.45) is 0.712. The number of ether oxygens (including phenoxy) is 3. The van der Waals surface area contributed by atoms with Crippen molar-refractivity contribution in [3.05, 3.63) is 78.4 Å². The molecule has 0 bridgehead atoms. The molecule has 0 aliphatic carbocycles. The van der Waals surface area contributed by atoms with Crippen LogP contribution in [-0.4, -0.2) is 65.1 Å². The highest BCUT2D eigenvalue weighted by Crippen LogP contribution is 2.33. The minimum absolute atomic E-state index is 0.0380. The number of amides is 2. The molecule has 1 N–H and O–H groups in total. The van der Waals surface area contributed by atoms with Crippen molar-refractivity contribution in [1.29, 1.82) is 0 Å². The zero-order valence-electron chi connectivity index (χ0n) is 24.9. The predicted octanol–water partition coefficient (Wildman–Crippen LogP) is 4.24. The molecule has 0 unspecified atom stereocenters. The summed E-state index contributed by atoms with van der Waals surface area (Å²) in [7, 11) is 0.189. The maximum atomic E-state index is 14.1. The van der Waals surface area contributed by atoms with Gasteiger partial charge in [0.1, 0.15) is 29.8 Å². The molecule has 2 amide bonds. The van der Waals surface area contributed by atoms with Gasteiger partial charge in [0.05, 0.1) is 31.9 Å². The van der Waals surface area contributed by atoms with Gasteiger partial charge in [-0.1, -0.05) is 31.2 Å². The first-order valence-corrected chi connectivity index (χ1v) is 15.0. The van der Waals surface area contributed by atoms with Crippen molar-refractivity contribution in [2.24, 2.45) is 0 Å². The van der Waals surface area contributed by atoms with Gasteiger partial charge in [-0.15, -0.1) is 0 Å². The van der Waals surface area contributed by atoms with Gasteiger partial charge in [-0.2, -0.15) is 0 Å². The van der Waals surface area contributed by atoms with Crippen LogP contribution in [0.5, 0.6) is 17.2 Å². The van der Waals surface area contributed by atoms with Gasteiger partial charge in [0.25, 0.3) is 10.0 Å². The van der Waals surface area contributed by atoms with Gasteiger partial charge < -0.3 is 24.4 Å². The monoisotopic (exact) mass is 597 g/mol. The molecule has 3 aromatic rings. The van der Waals surface area contributed by atoms with Crippen LogP contribution in [0.25, 0.3) is 0 Å². The molecule has 10 nitrogen and oxygen atoms in total. The molecule has 0 radical (unpaired) electrons. The van der Waals surface area contributed by atoms with E-state index in [1.165, 1.54) is 43.4 Å². The zero-order valence-corrected chi connectivity index (χ0v) is 25.7. The summed E-state index contributed by atoms with van der Waals surface area (Å²) < 4.78 is 45.1. The lowest BCUT2D eigenvalue weighted by Crippen LogP contribution is -2.52. The second-order valence-electron chi connectivity index (χ2n) is 9.73. The zero-order chi connectivity index (χ0) is 30.9. The van der Waals surface area contributed by atoms with Crippen LogP contribution in [0, 0.1) is 0 Å². The summed E-state index contributed by atoms with van der Waals surface area (Å²) in [5, 5.41) is 2.92. The number of rotatable bonds is 14. The van der Waals surface area contributed by atoms with E-state index >= 15 is 0 Å². The molecule has 0 aromatic heterocycles. The molecule has 0 aliphatic rings. The highest BCUT2D eigenvalue weighted by atomic mass is 32.2. The van der Waals surface area contributed by atoms with Gasteiger partial charge in [0.15, 0.2) is 0 Å². The number of para-hydroxylation sites is 2. The Morgan fingerprint density at radius 1 is 0.857 bits per heavy atom. The Hall–Kier alpha value is -4.25. The molecule has 0 spiro atoms. The van der Waals surface area contributed by atoms with Crippen molar-refractivity contribution >= 4 is 27.5 Å². The number of hydrogen-bond donors (Lipinski definition) is 1. The number of carbonyl (C=O) groups excluding carboxylic acids is 2. The van der Waals surface area contributed by atoms with Gasteiger partial charge in [0.2, 0.25) is 11.8 Å². The molecule has 226 valence electrons. The maximum absolute atomic E-state index is 14.1. The SMILES string of the molecule is CC[C@@H](C)NC(=O)[C@@H](C)N(Cc1cccc(OC)c1)C(=O)CN(c1ccccc1OC)S(=O)(=O)c1ccc(OC)cc1. The molecule has 42 heavy (non-hydrogen) atoms. The number of anilines is 1. The number of nitrogens with one attached hydrogen (secondary N) is 1. The number of nitrogens with zero attached hydrogens (tertiary/aromatic N) is 2. The quantitative estimate of drug-likeness (QED) is 0.296. The summed E-state index contributed by atoms with van der Waals surface area (Å²) in [5.41, 5.74) is 0.898. The molecule has 3 aromatic carbocycles. The van der Waals surface area contributed by atoms with Crippen molar-refractivity contribution in [3.8, 4) is 17.2 Å². The lowest BCUT2D eigenvalue weighted by atomic mass is 10.1. The molecular weight excluding hydrogens is 558 g/mol. The third-order valence-electron chi connectivity index (χ3n) is 6.94. The lowest BCUT2D eigenvalue weighted by Gasteiger charge is -2.32. The maximum Gasteiger partial charge on any atom is 0.264 e. The second-order valence-corrected chi connectivity index (χ2v) is 11.6. The topological polar surface area (TPSA) is 114 Å². The van der Waals surface area contributed by atoms with Crippen LogP contribution in [0.3, 0.4) is 0 Å². The highest BCUT2D eigenvalue weighted by molar-refractivity contribution is 7.92. The van der Waals surface area contributed by atoms with Crippen molar-refractivity contribution in [3.63, 3.8) is 0 Å². The fourth-order valence-corrected chi connectivity index (χ4v) is 5.66. The van der Waals surface area contributed by atoms with Gasteiger partial charge >= 0.3 is 0 Å². The average Bonchev–Trinajstić information content (AvgIpc) is 3.01. The van der Waals surface area contributed by atoms with Gasteiger partial charge in [0, 0.05) is 12.6 Å². The Balaban J connectivity index is 2.07. The van der Waals surface area contributed by atoms with Crippen molar-refractivity contribution in [2.75, 3.05) is 32.2 Å². The van der Waals surface area contributed by atoms with E-state index < -0.39 is 28.5 Å². The van der Waals surface area contributed by atoms with Gasteiger partial charge in [-0.25, -0.2) is 8.42 Å². The normalized spacial score (nSPS) is 12.5. The van der Waals surface area contributed by atoms with E-state index in [9.17, 15) is 18.0 Å². The fourth-order valence-electron chi connectivity index (χ4n) is 4.24. The summed E-state index contributed by atoms with van der Waals surface area (Å²) >= 11 is 0. The van der Waals surface area contributed by atoms with Gasteiger partial charge in [-0.3, -0.25) is 13.9 Å². The third kappa shape index (κ3) is 7.73. The first kappa shape index (κ1) is 32.3. The number of carbonyl (C=O) groups is 2. The number of benzene rings is 3. The van der Waals surface area contributed by atoms with Crippen molar-refractivity contribution in [1.82, 2.24) is 10.2 Å². The number of hydrogen-bond acceptors (Lipinski definition) is 7. The smallest absolute Gasteiger partial charge is 0.264 e. The van der Waals surface area contributed by atoms with Crippen LogP contribution in [0.2, 0.25) is 0 Å². The Bertz CT molecular complexity index is 1460. The number of methoxy groups -OCH3 is 3. The molecule has 0 aliphatic heterocycles. The van der Waals surface area contributed by atoms with E-state index in [-0.39, 0.29) is 34.8 Å². The first-order valence-electron chi connectivity index (χ1n) is 13.6. The minimum Gasteiger partial charge on any atom is -0.497 e. The lowest BCUT2D eigenvalue weighted by molar-refractivity contribution is -0.139. The molecule has 3 rings (SSSR count). The molecule has 0 saturated carbocycles. The van der Waals surface area contributed by atoms with E-state index in [0.29, 0.717) is 23.5 Å². The highest BCUT2D eigenvalue weighted by Gasteiger charge is 2.34. The molecule has 0 saturated heterocycles. The number of sulfonamides is 1. The van der Waals surface area contributed by atoms with Crippen LogP contribution >= 0.6 is 0 Å². The van der Waals surface area contributed by atoms with Crippen LogP contribution in [0.15, 0.2) is 77.7 Å². The van der Waals surface area contributed by atoms with E-state index in [0.717, 1.165) is 4.31 Å². The van der Waals surface area contributed by atoms with Crippen molar-refractivity contribution < 1.29 is 32.2 Å². The summed E-state index contributed by atoms with van der Waals surface area (Å²) in [5.74, 6) is 0.424. The summed E-state index contributed by atoms with van der Waals surface area (Å²) in [4.78, 5) is 28.7. The molecule has 11 heteroatoms. The summed E-state index contributed by atoms with van der Waals surface area (Å²) in [6, 6.07) is 18.6. The van der Waals surface area contributed by atoms with Crippen LogP contribution < -0.4 is 23.8 Å². The van der Waals surface area contributed by atoms with Gasteiger partial charge in [-0.05, 0) is 74.4 Å². The Morgan fingerprint density at radius 2 is 1.52 bits per heavy atom. The average molecular weight is 598 g/mol. The molecular formula is C31H39N3O7S. The molecule has 0 heterocycles. The minimum atomic E-state index is -4.26. The Kier molecular flexibility index (Phi) is 11.2. The van der Waals surface area contributed by atoms with E-state index in [4.69, 9.17) is 14.2 Å². The summed E-state index contributed by atoms with van der Waals surface area (Å²) in [6.45, 7) is 4.92. The predicted molar refractivity (Wildman–Crippen MR) is 161 cm³/mol. The van der Waals surface area contributed by atoms with Crippen LogP contribution in [0.1, 0.15) is 32.8 Å². The Labute approximate surface area is 248 Å². The van der Waals surface area contributed by atoms with Crippen LogP contribution in [-0.2, 0) is 26.2 Å². The largest absolute Gasteiger partial charge is 0.497 e. The van der Waals surface area contributed by atoms with E-state index in [1.807, 2.05) is 19.9 Å². The Morgan fingerprint density at radius 3 is 2.14 bits per heavy atom. The third-order valence-corrected chi connectivity index (χ3v) is 8.71. The standard InChI is InChI=1S/C31H39N3O7S/c1-7-22(2)32-31(36)23(3)33(20-24-11-10-12-26(19-24)40-5)30(35)21-34(28-13-8-9-14-29(28)41-6)42(37,38)27-17-15-25(39-4)16-18-27/h8-19,22-23H,7,20-21H2,1-6H3,(H,32,36)/t22-,23-/m1/s1. The second kappa shape index (κ2) is 14.6. The molecule has 0 fully saturated rings. The molecule has 2 atom stereocenters. The van der Waals surface area contributed by atoms with Crippen LogP contribution in [0.4, 0.5) is 5.69 Å². The fraction of sp³-hybridized carbons (Fsp3) is 0.355. The van der Waals surface area contributed by atoms with Crippen molar-refractivity contribution in [2.45, 2.75) is 50.7 Å².